The summed E-state index contributed by atoms with van der Waals surface area (Å²) in [7, 11) is 0. The van der Waals surface area contributed by atoms with E-state index in [2.05, 4.69) is 27.7 Å². The van der Waals surface area contributed by atoms with Crippen molar-refractivity contribution in [1.29, 1.82) is 0 Å². The number of fused-ring (bicyclic) bond motifs is 2. The van der Waals surface area contributed by atoms with Crippen molar-refractivity contribution in [2.45, 2.75) is 32.4 Å². The standard InChI is InChI=1S/C25H28FN3O3/c1-17-14-20-4-6-21(26)16-24(20)29(17)11-10-28(12-13-30)23-8-5-19-15-18(2-7-22(19)23)3-9-25(31)27-32/h2-4,6-7,9,14-16,23,30,32H,5,8,10-13H2,1H3,(H,27,31). The van der Waals surface area contributed by atoms with Gasteiger partial charge in [-0.05, 0) is 66.8 Å². The fourth-order valence-electron chi connectivity index (χ4n) is 4.75. The minimum Gasteiger partial charge on any atom is -0.395 e. The molecule has 0 radical (unpaired) electrons. The summed E-state index contributed by atoms with van der Waals surface area (Å²) in [5.41, 5.74) is 6.94. The highest BCUT2D eigenvalue weighted by Gasteiger charge is 2.27. The van der Waals surface area contributed by atoms with Gasteiger partial charge in [-0.25, -0.2) is 9.87 Å². The zero-order valence-corrected chi connectivity index (χ0v) is 18.1. The first-order chi connectivity index (χ1) is 15.5. The molecule has 0 saturated carbocycles. The quantitative estimate of drug-likeness (QED) is 0.286. The van der Waals surface area contributed by atoms with Crippen LogP contribution in [0.2, 0.25) is 0 Å². The lowest BCUT2D eigenvalue weighted by atomic mass is 10.0. The first-order valence-electron chi connectivity index (χ1n) is 10.9. The van der Waals surface area contributed by atoms with Gasteiger partial charge in [0.25, 0.3) is 5.91 Å². The number of amides is 1. The largest absolute Gasteiger partial charge is 0.395 e. The number of aryl methyl sites for hydroxylation is 2. The third-order valence-corrected chi connectivity index (χ3v) is 6.26. The van der Waals surface area contributed by atoms with Gasteiger partial charge in [0, 0.05) is 42.8 Å². The van der Waals surface area contributed by atoms with Crippen molar-refractivity contribution >= 4 is 22.9 Å². The Morgan fingerprint density at radius 1 is 1.25 bits per heavy atom. The lowest BCUT2D eigenvalue weighted by Gasteiger charge is -2.29. The van der Waals surface area contributed by atoms with Gasteiger partial charge >= 0.3 is 0 Å². The van der Waals surface area contributed by atoms with Gasteiger partial charge in [0.2, 0.25) is 0 Å². The SMILES string of the molecule is Cc1cc2ccc(F)cc2n1CCN(CCO)C1CCc2cc(C=CC(=O)NO)ccc21. The predicted molar refractivity (Wildman–Crippen MR) is 122 cm³/mol. The topological polar surface area (TPSA) is 77.7 Å². The van der Waals surface area contributed by atoms with Gasteiger partial charge < -0.3 is 9.67 Å². The maximum absolute atomic E-state index is 13.8. The summed E-state index contributed by atoms with van der Waals surface area (Å²) in [4.78, 5) is 13.5. The van der Waals surface area contributed by atoms with Gasteiger partial charge in [-0.1, -0.05) is 18.2 Å². The van der Waals surface area contributed by atoms with Gasteiger partial charge in [-0.3, -0.25) is 14.9 Å². The predicted octanol–water partition coefficient (Wildman–Crippen LogP) is 3.59. The van der Waals surface area contributed by atoms with E-state index in [0.717, 1.165) is 41.5 Å². The Balaban J connectivity index is 1.52. The van der Waals surface area contributed by atoms with E-state index in [1.54, 1.807) is 17.6 Å². The number of nitrogens with zero attached hydrogens (tertiary/aromatic N) is 2. The highest BCUT2D eigenvalue weighted by Crippen LogP contribution is 2.36. The highest BCUT2D eigenvalue weighted by atomic mass is 19.1. The number of hydroxylamine groups is 1. The Bertz CT molecular complexity index is 1150. The number of benzene rings is 2. The van der Waals surface area contributed by atoms with E-state index in [1.165, 1.54) is 23.3 Å². The molecule has 0 spiro atoms. The van der Waals surface area contributed by atoms with E-state index in [1.807, 2.05) is 19.1 Å². The first-order valence-corrected chi connectivity index (χ1v) is 10.9. The molecule has 0 fully saturated rings. The maximum atomic E-state index is 13.8. The molecule has 3 aromatic rings. The number of nitrogens with one attached hydrogen (secondary N) is 1. The van der Waals surface area contributed by atoms with Crippen LogP contribution in [0.15, 0.2) is 48.5 Å². The van der Waals surface area contributed by atoms with Gasteiger partial charge in [0.15, 0.2) is 0 Å². The van der Waals surface area contributed by atoms with Crippen molar-refractivity contribution in [3.8, 4) is 0 Å². The van der Waals surface area contributed by atoms with Gasteiger partial charge in [0.05, 0.1) is 12.1 Å². The minimum atomic E-state index is -0.565. The molecule has 1 unspecified atom stereocenters. The second-order valence-corrected chi connectivity index (χ2v) is 8.22. The van der Waals surface area contributed by atoms with Crippen molar-refractivity contribution in [2.75, 3.05) is 19.7 Å². The zero-order chi connectivity index (χ0) is 22.7. The Kier molecular flexibility index (Phi) is 6.69. The summed E-state index contributed by atoms with van der Waals surface area (Å²) in [6, 6.07) is 13.3. The molecule has 0 bridgehead atoms. The molecule has 7 heteroatoms. The molecule has 0 saturated heterocycles. The normalized spacial score (nSPS) is 15.7. The summed E-state index contributed by atoms with van der Waals surface area (Å²) in [5.74, 6) is -0.805. The number of aliphatic hydroxyl groups is 1. The van der Waals surface area contributed by atoms with Crippen LogP contribution in [0.5, 0.6) is 0 Å². The van der Waals surface area contributed by atoms with Crippen molar-refractivity contribution in [3.63, 3.8) is 0 Å². The summed E-state index contributed by atoms with van der Waals surface area (Å²) in [6.45, 7) is 4.12. The molecule has 3 N–H and O–H groups in total. The number of hydrogen-bond donors (Lipinski definition) is 3. The van der Waals surface area contributed by atoms with E-state index in [4.69, 9.17) is 5.21 Å². The number of rotatable bonds is 8. The molecule has 32 heavy (non-hydrogen) atoms. The molecule has 0 aliphatic heterocycles. The Labute approximate surface area is 186 Å². The maximum Gasteiger partial charge on any atom is 0.267 e. The Morgan fingerprint density at radius 3 is 2.88 bits per heavy atom. The number of carbonyl (C=O) groups is 1. The van der Waals surface area contributed by atoms with Crippen LogP contribution < -0.4 is 5.48 Å². The first kappa shape index (κ1) is 22.2. The van der Waals surface area contributed by atoms with Crippen molar-refractivity contribution in [3.05, 3.63) is 76.7 Å². The summed E-state index contributed by atoms with van der Waals surface area (Å²) in [5, 5.41) is 19.3. The van der Waals surface area contributed by atoms with Crippen molar-refractivity contribution < 1.29 is 19.5 Å². The third kappa shape index (κ3) is 4.60. The summed E-state index contributed by atoms with van der Waals surface area (Å²) >= 11 is 0. The molecule has 1 aliphatic carbocycles. The fraction of sp³-hybridized carbons (Fsp3) is 0.320. The van der Waals surface area contributed by atoms with Crippen LogP contribution in [0.25, 0.3) is 17.0 Å². The van der Waals surface area contributed by atoms with Crippen LogP contribution in [0.4, 0.5) is 4.39 Å². The molecule has 1 amide bonds. The lowest BCUT2D eigenvalue weighted by Crippen LogP contribution is -2.33. The number of aromatic nitrogens is 1. The van der Waals surface area contributed by atoms with Crippen LogP contribution in [0, 0.1) is 12.7 Å². The molecule has 1 aromatic heterocycles. The molecule has 4 rings (SSSR count). The minimum absolute atomic E-state index is 0.0724. The number of carbonyl (C=O) groups excluding carboxylic acids is 1. The highest BCUT2D eigenvalue weighted by molar-refractivity contribution is 5.90. The molecule has 1 heterocycles. The zero-order valence-electron chi connectivity index (χ0n) is 18.1. The molecule has 1 aliphatic rings. The van der Waals surface area contributed by atoms with Gasteiger partial charge in [0.1, 0.15) is 5.82 Å². The molecule has 6 nitrogen and oxygen atoms in total. The second kappa shape index (κ2) is 9.65. The number of halogens is 1. The molecular formula is C25H28FN3O3. The fourth-order valence-corrected chi connectivity index (χ4v) is 4.75. The van der Waals surface area contributed by atoms with Crippen molar-refractivity contribution in [1.82, 2.24) is 14.9 Å². The van der Waals surface area contributed by atoms with Crippen LogP contribution in [0.3, 0.4) is 0 Å². The van der Waals surface area contributed by atoms with E-state index >= 15 is 0 Å². The van der Waals surface area contributed by atoms with E-state index in [0.29, 0.717) is 13.1 Å². The molecule has 2 aromatic carbocycles. The van der Waals surface area contributed by atoms with Crippen LogP contribution in [0.1, 0.15) is 34.8 Å². The average molecular weight is 438 g/mol. The monoisotopic (exact) mass is 437 g/mol. The van der Waals surface area contributed by atoms with Crippen LogP contribution >= 0.6 is 0 Å². The molecule has 1 atom stereocenters. The lowest BCUT2D eigenvalue weighted by molar-refractivity contribution is -0.124. The van der Waals surface area contributed by atoms with E-state index in [-0.39, 0.29) is 18.5 Å². The van der Waals surface area contributed by atoms with E-state index in [9.17, 15) is 14.3 Å². The van der Waals surface area contributed by atoms with Crippen LogP contribution in [-0.4, -0.2) is 45.4 Å². The third-order valence-electron chi connectivity index (χ3n) is 6.26. The van der Waals surface area contributed by atoms with Crippen LogP contribution in [-0.2, 0) is 17.8 Å². The summed E-state index contributed by atoms with van der Waals surface area (Å²) < 4.78 is 16.0. The van der Waals surface area contributed by atoms with Gasteiger partial charge in [-0.15, -0.1) is 0 Å². The second-order valence-electron chi connectivity index (χ2n) is 8.22. The van der Waals surface area contributed by atoms with Crippen molar-refractivity contribution in [2.24, 2.45) is 0 Å². The molecule has 168 valence electrons. The smallest absolute Gasteiger partial charge is 0.267 e. The molecular weight excluding hydrogens is 409 g/mol. The van der Waals surface area contributed by atoms with E-state index < -0.39 is 5.91 Å². The summed E-state index contributed by atoms with van der Waals surface area (Å²) in [6.07, 6.45) is 4.84. The average Bonchev–Trinajstić information content (AvgIpc) is 3.34. The Morgan fingerprint density at radius 2 is 2.09 bits per heavy atom. The van der Waals surface area contributed by atoms with Gasteiger partial charge in [-0.2, -0.15) is 0 Å². The number of aliphatic hydroxyl groups excluding tert-OH is 1. The Hall–Kier alpha value is -3.00. The number of hydrogen-bond acceptors (Lipinski definition) is 4.